The standard InChI is InChI=1S/C16H19N3O4/c1-2-21-15(20)10-3-5-19(6-4-10)16-17-11-7-13-14(23-9-22-13)8-12(11)18-16/h7-8,10H,2-6,9H2,1H3,(H,17,18). The molecule has 3 heterocycles. The monoisotopic (exact) mass is 317 g/mol. The molecule has 0 spiro atoms. The van der Waals surface area contributed by atoms with Crippen molar-refractivity contribution in [3.63, 3.8) is 0 Å². The summed E-state index contributed by atoms with van der Waals surface area (Å²) in [7, 11) is 0. The molecule has 2 aliphatic heterocycles. The molecule has 23 heavy (non-hydrogen) atoms. The summed E-state index contributed by atoms with van der Waals surface area (Å²) in [6.45, 7) is 4.12. The molecule has 0 aliphatic carbocycles. The molecule has 1 aromatic carbocycles. The normalized spacial score (nSPS) is 17.7. The first-order valence-electron chi connectivity index (χ1n) is 7.95. The number of nitrogens with one attached hydrogen (secondary N) is 1. The molecular formula is C16H19N3O4. The summed E-state index contributed by atoms with van der Waals surface area (Å²) in [6.07, 6.45) is 1.58. The number of benzene rings is 1. The number of rotatable bonds is 3. The number of ether oxygens (including phenoxy) is 3. The van der Waals surface area contributed by atoms with Crippen LogP contribution in [0.25, 0.3) is 11.0 Å². The van der Waals surface area contributed by atoms with E-state index in [0.29, 0.717) is 6.61 Å². The molecule has 0 atom stereocenters. The predicted molar refractivity (Wildman–Crippen MR) is 83.8 cm³/mol. The topological polar surface area (TPSA) is 76.7 Å². The molecule has 1 aromatic heterocycles. The molecular weight excluding hydrogens is 298 g/mol. The molecule has 2 aromatic rings. The highest BCUT2D eigenvalue weighted by molar-refractivity contribution is 5.82. The second-order valence-electron chi connectivity index (χ2n) is 5.80. The number of aromatic nitrogens is 2. The predicted octanol–water partition coefficient (Wildman–Crippen LogP) is 2.07. The molecule has 1 fully saturated rings. The molecule has 0 saturated carbocycles. The van der Waals surface area contributed by atoms with E-state index in [9.17, 15) is 4.79 Å². The van der Waals surface area contributed by atoms with Crippen LogP contribution in [-0.4, -0.2) is 42.4 Å². The average Bonchev–Trinajstić information content (AvgIpc) is 3.18. The molecule has 2 aliphatic rings. The van der Waals surface area contributed by atoms with Gasteiger partial charge in [0.05, 0.1) is 23.6 Å². The number of imidazole rings is 1. The number of carbonyl (C=O) groups is 1. The maximum Gasteiger partial charge on any atom is 0.309 e. The highest BCUT2D eigenvalue weighted by Gasteiger charge is 2.27. The van der Waals surface area contributed by atoms with E-state index >= 15 is 0 Å². The van der Waals surface area contributed by atoms with Crippen LogP contribution >= 0.6 is 0 Å². The van der Waals surface area contributed by atoms with Crippen molar-refractivity contribution < 1.29 is 19.0 Å². The minimum atomic E-state index is -0.0810. The number of esters is 1. The lowest BCUT2D eigenvalue weighted by Crippen LogP contribution is -2.37. The van der Waals surface area contributed by atoms with Crippen LogP contribution in [0.15, 0.2) is 12.1 Å². The van der Waals surface area contributed by atoms with Crippen LogP contribution in [0.1, 0.15) is 19.8 Å². The van der Waals surface area contributed by atoms with Crippen LogP contribution in [0.3, 0.4) is 0 Å². The zero-order chi connectivity index (χ0) is 15.8. The number of anilines is 1. The van der Waals surface area contributed by atoms with E-state index in [1.807, 2.05) is 19.1 Å². The summed E-state index contributed by atoms with van der Waals surface area (Å²) >= 11 is 0. The molecule has 7 heteroatoms. The van der Waals surface area contributed by atoms with Crippen LogP contribution in [0.2, 0.25) is 0 Å². The molecule has 122 valence electrons. The lowest BCUT2D eigenvalue weighted by molar-refractivity contribution is -0.148. The lowest BCUT2D eigenvalue weighted by Gasteiger charge is -2.30. The zero-order valence-corrected chi connectivity index (χ0v) is 13.0. The summed E-state index contributed by atoms with van der Waals surface area (Å²) < 4.78 is 15.9. The second-order valence-corrected chi connectivity index (χ2v) is 5.80. The first-order valence-corrected chi connectivity index (χ1v) is 7.95. The van der Waals surface area contributed by atoms with Gasteiger partial charge in [0.1, 0.15) is 0 Å². The second kappa shape index (κ2) is 5.64. The van der Waals surface area contributed by atoms with Gasteiger partial charge in [0.2, 0.25) is 12.7 Å². The Morgan fingerprint density at radius 2 is 2.09 bits per heavy atom. The van der Waals surface area contributed by atoms with E-state index in [0.717, 1.165) is 54.4 Å². The van der Waals surface area contributed by atoms with Gasteiger partial charge in [-0.3, -0.25) is 4.79 Å². The molecule has 0 unspecified atom stereocenters. The first kappa shape index (κ1) is 14.2. The minimum Gasteiger partial charge on any atom is -0.466 e. The summed E-state index contributed by atoms with van der Waals surface area (Å²) in [5.41, 5.74) is 1.79. The maximum atomic E-state index is 11.8. The van der Waals surface area contributed by atoms with E-state index in [4.69, 9.17) is 14.2 Å². The quantitative estimate of drug-likeness (QED) is 0.873. The van der Waals surface area contributed by atoms with Crippen molar-refractivity contribution in [2.24, 2.45) is 5.92 Å². The summed E-state index contributed by atoms with van der Waals surface area (Å²) in [5.74, 6) is 2.22. The fourth-order valence-electron chi connectivity index (χ4n) is 3.12. The van der Waals surface area contributed by atoms with Gasteiger partial charge < -0.3 is 24.1 Å². The summed E-state index contributed by atoms with van der Waals surface area (Å²) in [4.78, 5) is 21.9. The molecule has 0 bridgehead atoms. The maximum absolute atomic E-state index is 11.8. The van der Waals surface area contributed by atoms with Gasteiger partial charge >= 0.3 is 5.97 Å². The van der Waals surface area contributed by atoms with Gasteiger partial charge in [-0.25, -0.2) is 4.98 Å². The number of piperidine rings is 1. The summed E-state index contributed by atoms with van der Waals surface area (Å²) in [6, 6.07) is 3.81. The van der Waals surface area contributed by atoms with Crippen LogP contribution in [-0.2, 0) is 9.53 Å². The van der Waals surface area contributed by atoms with Crippen molar-refractivity contribution in [3.05, 3.63) is 12.1 Å². The smallest absolute Gasteiger partial charge is 0.309 e. The fraction of sp³-hybridized carbons (Fsp3) is 0.500. The number of nitrogens with zero attached hydrogens (tertiary/aromatic N) is 2. The Morgan fingerprint density at radius 1 is 1.35 bits per heavy atom. The molecule has 7 nitrogen and oxygen atoms in total. The highest BCUT2D eigenvalue weighted by atomic mass is 16.7. The average molecular weight is 317 g/mol. The van der Waals surface area contributed by atoms with Gasteiger partial charge in [0.25, 0.3) is 0 Å². The number of carbonyl (C=O) groups excluding carboxylic acids is 1. The molecule has 1 N–H and O–H groups in total. The third-order valence-electron chi connectivity index (χ3n) is 4.38. The Hall–Kier alpha value is -2.44. The van der Waals surface area contributed by atoms with Crippen molar-refractivity contribution in [3.8, 4) is 11.5 Å². The largest absolute Gasteiger partial charge is 0.466 e. The number of aromatic amines is 1. The third kappa shape index (κ3) is 2.56. The molecule has 1 saturated heterocycles. The third-order valence-corrected chi connectivity index (χ3v) is 4.38. The number of hydrogen-bond acceptors (Lipinski definition) is 6. The van der Waals surface area contributed by atoms with Gasteiger partial charge in [-0.2, -0.15) is 0 Å². The van der Waals surface area contributed by atoms with Crippen molar-refractivity contribution in [1.82, 2.24) is 9.97 Å². The van der Waals surface area contributed by atoms with Crippen molar-refractivity contribution >= 4 is 23.0 Å². The summed E-state index contributed by atoms with van der Waals surface area (Å²) in [5, 5.41) is 0. The highest BCUT2D eigenvalue weighted by Crippen LogP contribution is 2.36. The van der Waals surface area contributed by atoms with Gasteiger partial charge in [0, 0.05) is 25.2 Å². The Kier molecular flexibility index (Phi) is 3.48. The zero-order valence-electron chi connectivity index (χ0n) is 13.0. The number of fused-ring (bicyclic) bond motifs is 2. The number of H-pyrrole nitrogens is 1. The van der Waals surface area contributed by atoms with E-state index in [-0.39, 0.29) is 18.7 Å². The SMILES string of the molecule is CCOC(=O)C1CCN(c2nc3cc4c(cc3[nH]2)OCO4)CC1. The Labute approximate surface area is 133 Å². The fourth-order valence-corrected chi connectivity index (χ4v) is 3.12. The van der Waals surface area contributed by atoms with Gasteiger partial charge in [-0.05, 0) is 19.8 Å². The van der Waals surface area contributed by atoms with E-state index < -0.39 is 0 Å². The molecule has 0 radical (unpaired) electrons. The van der Waals surface area contributed by atoms with E-state index in [1.165, 1.54) is 0 Å². The van der Waals surface area contributed by atoms with Crippen LogP contribution < -0.4 is 14.4 Å². The Balaban J connectivity index is 1.49. The van der Waals surface area contributed by atoms with Crippen LogP contribution in [0.4, 0.5) is 5.95 Å². The van der Waals surface area contributed by atoms with Gasteiger partial charge in [0.15, 0.2) is 11.5 Å². The van der Waals surface area contributed by atoms with E-state index in [1.54, 1.807) is 0 Å². The number of hydrogen-bond donors (Lipinski definition) is 1. The van der Waals surface area contributed by atoms with Crippen LogP contribution in [0, 0.1) is 5.92 Å². The van der Waals surface area contributed by atoms with Gasteiger partial charge in [-0.15, -0.1) is 0 Å². The lowest BCUT2D eigenvalue weighted by atomic mass is 9.97. The first-order chi connectivity index (χ1) is 11.2. The van der Waals surface area contributed by atoms with E-state index in [2.05, 4.69) is 14.9 Å². The van der Waals surface area contributed by atoms with Gasteiger partial charge in [-0.1, -0.05) is 0 Å². The van der Waals surface area contributed by atoms with Crippen molar-refractivity contribution in [2.75, 3.05) is 31.4 Å². The Morgan fingerprint density at radius 3 is 2.83 bits per heavy atom. The van der Waals surface area contributed by atoms with Crippen molar-refractivity contribution in [1.29, 1.82) is 0 Å². The van der Waals surface area contributed by atoms with Crippen LogP contribution in [0.5, 0.6) is 11.5 Å². The Bertz CT molecular complexity index is 693. The molecule has 0 amide bonds. The molecule has 4 rings (SSSR count). The minimum absolute atomic E-state index is 0.00109. The van der Waals surface area contributed by atoms with Crippen molar-refractivity contribution in [2.45, 2.75) is 19.8 Å².